The fourth-order valence-corrected chi connectivity index (χ4v) is 3.67. The lowest BCUT2D eigenvalue weighted by Crippen LogP contribution is -2.40. The van der Waals surface area contributed by atoms with Crippen molar-refractivity contribution >= 4 is 34.9 Å². The van der Waals surface area contributed by atoms with Crippen molar-refractivity contribution in [2.75, 3.05) is 23.8 Å². The molecule has 1 saturated heterocycles. The summed E-state index contributed by atoms with van der Waals surface area (Å²) in [5, 5.41) is 13.5. The lowest BCUT2D eigenvalue weighted by Gasteiger charge is -2.24. The third kappa shape index (κ3) is 6.12. The Kier molecular flexibility index (Phi) is 8.06. The summed E-state index contributed by atoms with van der Waals surface area (Å²) in [5.74, 6) is -3.99. The third-order valence-electron chi connectivity index (χ3n) is 5.37. The number of amides is 3. The molecule has 2 atom stereocenters. The standard InChI is InChI=1S/C22H21ClF5N3O4/c1-11(22(26,27)28)35-18-9-17(29-21(34)31-7-3-4-12(31)10-32)16(25)8-13(18)20(33)30-19-14(23)5-2-6-15(19)24/h2,5-6,8-9,11-12,32H,3-4,7,10H2,1H3,(H,29,34)(H,30,33). The number of aliphatic hydroxyl groups excluding tert-OH is 1. The quantitative estimate of drug-likeness (QED) is 0.456. The summed E-state index contributed by atoms with van der Waals surface area (Å²) in [5.41, 5.74) is -1.70. The maximum atomic E-state index is 14.8. The van der Waals surface area contributed by atoms with Gasteiger partial charge in [-0.25, -0.2) is 13.6 Å². The van der Waals surface area contributed by atoms with Crippen LogP contribution in [0.15, 0.2) is 30.3 Å². The lowest BCUT2D eigenvalue weighted by molar-refractivity contribution is -0.189. The van der Waals surface area contributed by atoms with Gasteiger partial charge in [-0.05, 0) is 38.0 Å². The van der Waals surface area contributed by atoms with Crippen LogP contribution in [-0.4, -0.2) is 53.4 Å². The number of carbonyl (C=O) groups is 2. The molecule has 0 aliphatic carbocycles. The predicted octanol–water partition coefficient (Wildman–Crippen LogP) is 5.19. The van der Waals surface area contributed by atoms with E-state index in [0.717, 1.165) is 12.1 Å². The summed E-state index contributed by atoms with van der Waals surface area (Å²) in [6, 6.07) is 3.54. The van der Waals surface area contributed by atoms with Crippen LogP contribution in [0.25, 0.3) is 0 Å². The first kappa shape index (κ1) is 26.5. The minimum absolute atomic E-state index is 0.196. The Labute approximate surface area is 201 Å². The van der Waals surface area contributed by atoms with Gasteiger partial charge in [0.25, 0.3) is 5.91 Å². The van der Waals surface area contributed by atoms with E-state index in [1.807, 2.05) is 0 Å². The molecule has 7 nitrogen and oxygen atoms in total. The summed E-state index contributed by atoms with van der Waals surface area (Å²) in [7, 11) is 0. The van der Waals surface area contributed by atoms with E-state index in [4.69, 9.17) is 16.3 Å². The second-order valence-electron chi connectivity index (χ2n) is 7.78. The number of para-hydroxylation sites is 1. The van der Waals surface area contributed by atoms with E-state index >= 15 is 0 Å². The number of aliphatic hydroxyl groups is 1. The SMILES string of the molecule is CC(Oc1cc(NC(=O)N2CCCC2CO)c(F)cc1C(=O)Nc1c(F)cccc1Cl)C(F)(F)F. The molecule has 1 aliphatic heterocycles. The molecule has 2 aromatic rings. The van der Waals surface area contributed by atoms with Gasteiger partial charge in [0.1, 0.15) is 17.4 Å². The van der Waals surface area contributed by atoms with Crippen LogP contribution in [0, 0.1) is 11.6 Å². The van der Waals surface area contributed by atoms with E-state index in [1.54, 1.807) is 0 Å². The van der Waals surface area contributed by atoms with Gasteiger partial charge in [-0.15, -0.1) is 0 Å². The van der Waals surface area contributed by atoms with Crippen LogP contribution in [0.3, 0.4) is 0 Å². The summed E-state index contributed by atoms with van der Waals surface area (Å²) >= 11 is 5.87. The van der Waals surface area contributed by atoms with Gasteiger partial charge < -0.3 is 25.4 Å². The second kappa shape index (κ2) is 10.6. The van der Waals surface area contributed by atoms with Crippen molar-refractivity contribution in [3.8, 4) is 5.75 Å². The lowest BCUT2D eigenvalue weighted by atomic mass is 10.1. The predicted molar refractivity (Wildman–Crippen MR) is 118 cm³/mol. The maximum absolute atomic E-state index is 14.8. The van der Waals surface area contributed by atoms with Gasteiger partial charge in [0, 0.05) is 12.6 Å². The molecule has 1 aliphatic rings. The van der Waals surface area contributed by atoms with E-state index in [9.17, 15) is 36.6 Å². The molecule has 3 N–H and O–H groups in total. The van der Waals surface area contributed by atoms with Gasteiger partial charge in [-0.2, -0.15) is 13.2 Å². The van der Waals surface area contributed by atoms with Crippen molar-refractivity contribution in [1.29, 1.82) is 0 Å². The Hall–Kier alpha value is -3.12. The van der Waals surface area contributed by atoms with E-state index in [2.05, 4.69) is 10.6 Å². The third-order valence-corrected chi connectivity index (χ3v) is 5.69. The number of rotatable bonds is 6. The maximum Gasteiger partial charge on any atom is 0.425 e. The molecular formula is C22H21ClF5N3O4. The van der Waals surface area contributed by atoms with Crippen LogP contribution in [0.4, 0.5) is 38.1 Å². The highest BCUT2D eigenvalue weighted by atomic mass is 35.5. The van der Waals surface area contributed by atoms with E-state index in [1.165, 1.54) is 17.0 Å². The largest absolute Gasteiger partial charge is 0.480 e. The first-order chi connectivity index (χ1) is 16.4. The van der Waals surface area contributed by atoms with Crippen LogP contribution >= 0.6 is 11.6 Å². The Morgan fingerprint density at radius 1 is 1.23 bits per heavy atom. The molecule has 0 aromatic heterocycles. The molecule has 35 heavy (non-hydrogen) atoms. The Morgan fingerprint density at radius 3 is 2.57 bits per heavy atom. The van der Waals surface area contributed by atoms with Gasteiger partial charge in [-0.1, -0.05) is 17.7 Å². The van der Waals surface area contributed by atoms with Crippen LogP contribution < -0.4 is 15.4 Å². The molecule has 2 unspecified atom stereocenters. The zero-order valence-corrected chi connectivity index (χ0v) is 19.0. The van der Waals surface area contributed by atoms with E-state index in [0.29, 0.717) is 25.8 Å². The van der Waals surface area contributed by atoms with Gasteiger partial charge >= 0.3 is 12.2 Å². The summed E-state index contributed by atoms with van der Waals surface area (Å²) in [6.07, 6.45) is -6.10. The average molecular weight is 522 g/mol. The summed E-state index contributed by atoms with van der Waals surface area (Å²) < 4.78 is 73.2. The van der Waals surface area contributed by atoms with E-state index < -0.39 is 64.6 Å². The number of benzene rings is 2. The monoisotopic (exact) mass is 521 g/mol. The highest BCUT2D eigenvalue weighted by molar-refractivity contribution is 6.34. The normalized spacial score (nSPS) is 16.7. The van der Waals surface area contributed by atoms with E-state index in [-0.39, 0.29) is 18.2 Å². The van der Waals surface area contributed by atoms with Gasteiger partial charge in [0.05, 0.1) is 34.6 Å². The number of likely N-dealkylation sites (tertiary alicyclic amines) is 1. The molecule has 3 amide bonds. The number of ether oxygens (including phenoxy) is 1. The first-order valence-corrected chi connectivity index (χ1v) is 10.8. The summed E-state index contributed by atoms with van der Waals surface area (Å²) in [6.45, 7) is 0.648. The molecule has 0 bridgehead atoms. The number of nitrogens with one attached hydrogen (secondary N) is 2. The van der Waals surface area contributed by atoms with Crippen molar-refractivity contribution in [2.45, 2.75) is 38.1 Å². The van der Waals surface area contributed by atoms with Crippen LogP contribution in [0.1, 0.15) is 30.1 Å². The molecule has 0 spiro atoms. The number of nitrogens with zero attached hydrogens (tertiary/aromatic N) is 1. The van der Waals surface area contributed by atoms with Crippen molar-refractivity contribution in [1.82, 2.24) is 4.90 Å². The van der Waals surface area contributed by atoms with Crippen LogP contribution in [0.5, 0.6) is 5.75 Å². The van der Waals surface area contributed by atoms with Crippen molar-refractivity contribution in [3.63, 3.8) is 0 Å². The fraction of sp³-hybridized carbons (Fsp3) is 0.364. The highest BCUT2D eigenvalue weighted by Gasteiger charge is 2.39. The molecule has 190 valence electrons. The average Bonchev–Trinajstić information content (AvgIpc) is 3.26. The number of anilines is 2. The topological polar surface area (TPSA) is 90.9 Å². The molecule has 2 aromatic carbocycles. The Morgan fingerprint density at radius 2 is 1.94 bits per heavy atom. The number of halogens is 6. The van der Waals surface area contributed by atoms with Crippen molar-refractivity contribution < 1.29 is 41.4 Å². The molecule has 0 radical (unpaired) electrons. The number of hydrogen-bond acceptors (Lipinski definition) is 4. The highest BCUT2D eigenvalue weighted by Crippen LogP contribution is 2.33. The second-order valence-corrected chi connectivity index (χ2v) is 8.19. The van der Waals surface area contributed by atoms with Gasteiger partial charge in [-0.3, -0.25) is 4.79 Å². The molecule has 1 heterocycles. The fourth-order valence-electron chi connectivity index (χ4n) is 3.46. The minimum atomic E-state index is -4.83. The van der Waals surface area contributed by atoms with Crippen LogP contribution in [-0.2, 0) is 0 Å². The molecule has 0 saturated carbocycles. The number of alkyl halides is 3. The van der Waals surface area contributed by atoms with Crippen LogP contribution in [0.2, 0.25) is 5.02 Å². The molecular weight excluding hydrogens is 501 g/mol. The summed E-state index contributed by atoms with van der Waals surface area (Å²) in [4.78, 5) is 26.6. The molecule has 3 rings (SSSR count). The smallest absolute Gasteiger partial charge is 0.425 e. The minimum Gasteiger partial charge on any atom is -0.480 e. The zero-order chi connectivity index (χ0) is 25.9. The van der Waals surface area contributed by atoms with Crippen molar-refractivity contribution in [2.24, 2.45) is 0 Å². The van der Waals surface area contributed by atoms with Gasteiger partial charge in [0.2, 0.25) is 0 Å². The first-order valence-electron chi connectivity index (χ1n) is 10.4. The molecule has 13 heteroatoms. The number of urea groups is 1. The number of hydrogen-bond donors (Lipinski definition) is 3. The Balaban J connectivity index is 1.95. The Bertz CT molecular complexity index is 1090. The zero-order valence-electron chi connectivity index (χ0n) is 18.3. The van der Waals surface area contributed by atoms with Crippen molar-refractivity contribution in [3.05, 3.63) is 52.6 Å². The van der Waals surface area contributed by atoms with Gasteiger partial charge in [0.15, 0.2) is 6.10 Å². The molecule has 1 fully saturated rings. The number of carbonyl (C=O) groups excluding carboxylic acids is 2.